The Hall–Kier alpha value is -2.78. The van der Waals surface area contributed by atoms with E-state index in [1.807, 2.05) is 0 Å². The Morgan fingerprint density at radius 3 is 2.24 bits per heavy atom. The van der Waals surface area contributed by atoms with Crippen LogP contribution in [0.15, 0.2) is 41.6 Å². The molecular formula is C16H18N4O4S. The summed E-state index contributed by atoms with van der Waals surface area (Å²) < 4.78 is 26.4. The van der Waals surface area contributed by atoms with Crippen molar-refractivity contribution in [1.82, 2.24) is 20.6 Å². The van der Waals surface area contributed by atoms with Crippen molar-refractivity contribution in [2.24, 2.45) is 0 Å². The van der Waals surface area contributed by atoms with Gasteiger partial charge in [0.05, 0.1) is 10.5 Å². The summed E-state index contributed by atoms with van der Waals surface area (Å²) in [6.45, 7) is 3.36. The number of nitrogens with one attached hydrogen (secondary N) is 3. The number of aromatic nitrogens is 1. The van der Waals surface area contributed by atoms with Crippen LogP contribution in [0.2, 0.25) is 0 Å². The van der Waals surface area contributed by atoms with Crippen molar-refractivity contribution in [2.75, 3.05) is 7.05 Å². The number of hydrogen-bond donors (Lipinski definition) is 3. The summed E-state index contributed by atoms with van der Waals surface area (Å²) in [5, 5.41) is 0. The molecule has 2 aromatic rings. The average Bonchev–Trinajstić information content (AvgIpc) is 2.62. The second-order valence-electron chi connectivity index (χ2n) is 5.27. The van der Waals surface area contributed by atoms with Crippen LogP contribution < -0.4 is 15.6 Å². The molecule has 9 heteroatoms. The molecule has 8 nitrogen and oxygen atoms in total. The van der Waals surface area contributed by atoms with Crippen molar-refractivity contribution in [3.8, 4) is 0 Å². The lowest BCUT2D eigenvalue weighted by Crippen LogP contribution is -2.41. The van der Waals surface area contributed by atoms with E-state index in [-0.39, 0.29) is 16.0 Å². The summed E-state index contributed by atoms with van der Waals surface area (Å²) in [6.07, 6.45) is 2.88. The van der Waals surface area contributed by atoms with E-state index in [9.17, 15) is 18.0 Å². The highest BCUT2D eigenvalue weighted by molar-refractivity contribution is 7.89. The second kappa shape index (κ2) is 7.41. The Morgan fingerprint density at radius 1 is 1.04 bits per heavy atom. The van der Waals surface area contributed by atoms with Crippen molar-refractivity contribution < 1.29 is 18.0 Å². The van der Waals surface area contributed by atoms with E-state index < -0.39 is 21.8 Å². The van der Waals surface area contributed by atoms with Gasteiger partial charge in [-0.05, 0) is 56.3 Å². The smallest absolute Gasteiger partial charge is 0.267 e. The summed E-state index contributed by atoms with van der Waals surface area (Å²) in [5.74, 6) is -1.17. The fraction of sp³-hybridized carbons (Fsp3) is 0.188. The molecule has 0 saturated carbocycles. The van der Waals surface area contributed by atoms with E-state index in [1.54, 1.807) is 32.0 Å². The van der Waals surface area contributed by atoms with Crippen LogP contribution in [0.1, 0.15) is 31.8 Å². The zero-order chi connectivity index (χ0) is 18.6. The lowest BCUT2D eigenvalue weighted by molar-refractivity contribution is 0.0846. The van der Waals surface area contributed by atoms with Crippen molar-refractivity contribution >= 4 is 21.8 Å². The lowest BCUT2D eigenvalue weighted by atomic mass is 10.1. The van der Waals surface area contributed by atoms with Gasteiger partial charge in [-0.2, -0.15) is 0 Å². The molecule has 2 amide bonds. The predicted octanol–water partition coefficient (Wildman–Crippen LogP) is 0.681. The third-order valence-electron chi connectivity index (χ3n) is 3.65. The van der Waals surface area contributed by atoms with Gasteiger partial charge in [-0.15, -0.1) is 0 Å². The van der Waals surface area contributed by atoms with Gasteiger partial charge in [0.2, 0.25) is 10.0 Å². The van der Waals surface area contributed by atoms with E-state index in [2.05, 4.69) is 20.6 Å². The van der Waals surface area contributed by atoms with E-state index in [0.29, 0.717) is 11.1 Å². The highest BCUT2D eigenvalue weighted by atomic mass is 32.2. The number of hydrogen-bond acceptors (Lipinski definition) is 5. The van der Waals surface area contributed by atoms with Crippen LogP contribution in [0, 0.1) is 13.8 Å². The number of carbonyl (C=O) groups excluding carboxylic acids is 2. The topological polar surface area (TPSA) is 117 Å². The monoisotopic (exact) mass is 362 g/mol. The van der Waals surface area contributed by atoms with Gasteiger partial charge >= 0.3 is 0 Å². The van der Waals surface area contributed by atoms with Crippen molar-refractivity contribution in [3.05, 3.63) is 58.9 Å². The molecule has 0 saturated heterocycles. The maximum Gasteiger partial charge on any atom is 0.271 e. The molecule has 0 aliphatic heterocycles. The van der Waals surface area contributed by atoms with Crippen LogP contribution in [0.4, 0.5) is 0 Å². The highest BCUT2D eigenvalue weighted by Gasteiger charge is 2.19. The first-order valence-electron chi connectivity index (χ1n) is 7.31. The molecule has 0 aliphatic rings. The Kier molecular flexibility index (Phi) is 5.50. The standard InChI is InChI=1S/C16H18N4O4S/c1-10-7-13(8-14(11(10)2)25(23,24)17-3)16(22)20-19-15(21)12-5-4-6-18-9-12/h4-9,17H,1-3H3,(H,19,21)(H,20,22). The minimum absolute atomic E-state index is 0.0127. The quantitative estimate of drug-likeness (QED) is 0.692. The summed E-state index contributed by atoms with van der Waals surface area (Å²) >= 11 is 0. The molecule has 1 heterocycles. The molecular weight excluding hydrogens is 344 g/mol. The fourth-order valence-electron chi connectivity index (χ4n) is 2.10. The maximum absolute atomic E-state index is 12.3. The molecule has 0 unspecified atom stereocenters. The van der Waals surface area contributed by atoms with Gasteiger partial charge in [0.25, 0.3) is 11.8 Å². The first-order valence-corrected chi connectivity index (χ1v) is 8.80. The normalized spacial score (nSPS) is 11.0. The Labute approximate surface area is 145 Å². The van der Waals surface area contributed by atoms with Gasteiger partial charge in [0, 0.05) is 18.0 Å². The molecule has 0 aliphatic carbocycles. The number of sulfonamides is 1. The van der Waals surface area contributed by atoms with Gasteiger partial charge < -0.3 is 0 Å². The summed E-state index contributed by atoms with van der Waals surface area (Å²) in [4.78, 5) is 28.0. The molecule has 3 N–H and O–H groups in total. The number of aryl methyl sites for hydroxylation is 1. The minimum atomic E-state index is -3.71. The molecule has 0 bridgehead atoms. The van der Waals surface area contributed by atoms with E-state index in [0.717, 1.165) is 0 Å². The molecule has 0 fully saturated rings. The van der Waals surface area contributed by atoms with Crippen molar-refractivity contribution in [3.63, 3.8) is 0 Å². The summed E-state index contributed by atoms with van der Waals surface area (Å²) in [6, 6.07) is 5.95. The van der Waals surface area contributed by atoms with Gasteiger partial charge in [0.15, 0.2) is 0 Å². The van der Waals surface area contributed by atoms with E-state index in [1.165, 1.54) is 25.5 Å². The van der Waals surface area contributed by atoms with E-state index in [4.69, 9.17) is 0 Å². The van der Waals surface area contributed by atoms with Gasteiger partial charge in [0.1, 0.15) is 0 Å². The number of nitrogens with zero attached hydrogens (tertiary/aromatic N) is 1. The lowest BCUT2D eigenvalue weighted by Gasteiger charge is -2.13. The van der Waals surface area contributed by atoms with Gasteiger partial charge in [-0.1, -0.05) is 0 Å². The van der Waals surface area contributed by atoms with Crippen LogP contribution in [-0.2, 0) is 10.0 Å². The fourth-order valence-corrected chi connectivity index (χ4v) is 3.17. The highest BCUT2D eigenvalue weighted by Crippen LogP contribution is 2.20. The number of rotatable bonds is 4. The van der Waals surface area contributed by atoms with Crippen LogP contribution in [0.25, 0.3) is 0 Å². The molecule has 2 rings (SSSR count). The zero-order valence-electron chi connectivity index (χ0n) is 14.0. The van der Waals surface area contributed by atoms with Gasteiger partial charge in [-0.3, -0.25) is 25.4 Å². The summed E-state index contributed by atoms with van der Waals surface area (Å²) in [5.41, 5.74) is 6.10. The van der Waals surface area contributed by atoms with Crippen LogP contribution in [-0.4, -0.2) is 32.3 Å². The molecule has 1 aromatic carbocycles. The van der Waals surface area contributed by atoms with Crippen LogP contribution in [0.3, 0.4) is 0 Å². The largest absolute Gasteiger partial charge is 0.271 e. The number of amides is 2. The first kappa shape index (κ1) is 18.6. The number of hydrazine groups is 1. The average molecular weight is 362 g/mol. The Bertz CT molecular complexity index is 911. The number of benzene rings is 1. The Balaban J connectivity index is 2.21. The SMILES string of the molecule is CNS(=O)(=O)c1cc(C(=O)NNC(=O)c2cccnc2)cc(C)c1C. The Morgan fingerprint density at radius 2 is 1.68 bits per heavy atom. The predicted molar refractivity (Wildman–Crippen MR) is 91.3 cm³/mol. The van der Waals surface area contributed by atoms with Crippen molar-refractivity contribution in [2.45, 2.75) is 18.7 Å². The third kappa shape index (κ3) is 4.20. The maximum atomic E-state index is 12.3. The van der Waals surface area contributed by atoms with Crippen LogP contribution in [0.5, 0.6) is 0 Å². The molecule has 0 atom stereocenters. The minimum Gasteiger partial charge on any atom is -0.267 e. The number of pyridine rings is 1. The molecule has 0 spiro atoms. The second-order valence-corrected chi connectivity index (χ2v) is 7.13. The molecule has 25 heavy (non-hydrogen) atoms. The number of carbonyl (C=O) groups is 2. The first-order chi connectivity index (χ1) is 11.8. The van der Waals surface area contributed by atoms with Gasteiger partial charge in [-0.25, -0.2) is 13.1 Å². The molecule has 0 radical (unpaired) electrons. The summed E-state index contributed by atoms with van der Waals surface area (Å²) in [7, 11) is -2.41. The third-order valence-corrected chi connectivity index (χ3v) is 5.19. The van der Waals surface area contributed by atoms with Crippen LogP contribution >= 0.6 is 0 Å². The van der Waals surface area contributed by atoms with E-state index >= 15 is 0 Å². The molecule has 1 aromatic heterocycles. The zero-order valence-corrected chi connectivity index (χ0v) is 14.8. The van der Waals surface area contributed by atoms with Crippen molar-refractivity contribution in [1.29, 1.82) is 0 Å². The molecule has 132 valence electrons.